The van der Waals surface area contributed by atoms with E-state index in [1.165, 1.54) is 11.8 Å². The van der Waals surface area contributed by atoms with E-state index in [0.29, 0.717) is 18.7 Å². The molecule has 5 heteroatoms. The molecule has 0 saturated heterocycles. The maximum Gasteiger partial charge on any atom is 0.230 e. The summed E-state index contributed by atoms with van der Waals surface area (Å²) >= 11 is 1.49. The summed E-state index contributed by atoms with van der Waals surface area (Å²) in [5.74, 6) is 0.412. The monoisotopic (exact) mass is 282 g/mol. The second-order valence-corrected chi connectivity index (χ2v) is 6.51. The second kappa shape index (κ2) is 7.50. The van der Waals surface area contributed by atoms with Crippen molar-refractivity contribution in [1.29, 1.82) is 0 Å². The Morgan fingerprint density at radius 3 is 2.68 bits per heavy atom. The molecule has 4 nitrogen and oxygen atoms in total. The summed E-state index contributed by atoms with van der Waals surface area (Å²) in [5.41, 5.74) is -0.0921. The molecule has 1 atom stereocenters. The van der Waals surface area contributed by atoms with E-state index in [1.54, 1.807) is 19.3 Å². The van der Waals surface area contributed by atoms with Crippen molar-refractivity contribution in [3.63, 3.8) is 0 Å². The van der Waals surface area contributed by atoms with Gasteiger partial charge < -0.3 is 10.4 Å². The van der Waals surface area contributed by atoms with Crippen molar-refractivity contribution >= 4 is 17.7 Å². The van der Waals surface area contributed by atoms with Gasteiger partial charge in [0.15, 0.2) is 0 Å². The number of nitrogens with one attached hydrogen (secondary N) is 1. The van der Waals surface area contributed by atoms with Gasteiger partial charge in [-0.15, -0.1) is 11.8 Å². The normalized spacial score (nSPS) is 13.1. The van der Waals surface area contributed by atoms with E-state index in [2.05, 4.69) is 10.3 Å². The van der Waals surface area contributed by atoms with Crippen LogP contribution < -0.4 is 5.32 Å². The van der Waals surface area contributed by atoms with E-state index in [4.69, 9.17) is 0 Å². The molecule has 1 aromatic rings. The van der Waals surface area contributed by atoms with Gasteiger partial charge >= 0.3 is 0 Å². The fourth-order valence-corrected chi connectivity index (χ4v) is 2.56. The average Bonchev–Trinajstić information content (AvgIpc) is 2.34. The Balaban J connectivity index is 2.28. The standard InChI is InChI=1S/C14H22N2O2S/c1-11(17)8-14(2,3)10-16-13(18)9-19-12-4-6-15-7-5-12/h4-7,11,17H,8-10H2,1-3H3,(H,16,18). The van der Waals surface area contributed by atoms with Gasteiger partial charge in [0, 0.05) is 23.8 Å². The number of aromatic nitrogens is 1. The van der Waals surface area contributed by atoms with Gasteiger partial charge in [0.1, 0.15) is 0 Å². The molecule has 1 aromatic heterocycles. The van der Waals surface area contributed by atoms with Crippen molar-refractivity contribution in [3.05, 3.63) is 24.5 Å². The largest absolute Gasteiger partial charge is 0.393 e. The number of pyridine rings is 1. The van der Waals surface area contributed by atoms with Crippen LogP contribution in [-0.2, 0) is 4.79 Å². The lowest BCUT2D eigenvalue weighted by molar-refractivity contribution is -0.119. The molecule has 0 aliphatic carbocycles. The van der Waals surface area contributed by atoms with E-state index < -0.39 is 0 Å². The molecule has 0 aliphatic rings. The average molecular weight is 282 g/mol. The molecule has 2 N–H and O–H groups in total. The summed E-state index contributed by atoms with van der Waals surface area (Å²) < 4.78 is 0. The lowest BCUT2D eigenvalue weighted by atomic mass is 9.87. The first-order valence-electron chi connectivity index (χ1n) is 6.37. The second-order valence-electron chi connectivity index (χ2n) is 5.47. The SMILES string of the molecule is CC(O)CC(C)(C)CNC(=O)CSc1ccncc1. The molecular weight excluding hydrogens is 260 g/mol. The molecule has 0 bridgehead atoms. The third kappa shape index (κ3) is 7.18. The summed E-state index contributed by atoms with van der Waals surface area (Å²) in [4.78, 5) is 16.7. The zero-order valence-corrected chi connectivity index (χ0v) is 12.5. The minimum atomic E-state index is -0.349. The molecule has 0 fully saturated rings. The van der Waals surface area contributed by atoms with Crippen molar-refractivity contribution in [3.8, 4) is 0 Å². The highest BCUT2D eigenvalue weighted by Gasteiger charge is 2.20. The van der Waals surface area contributed by atoms with E-state index >= 15 is 0 Å². The van der Waals surface area contributed by atoms with Crippen molar-refractivity contribution in [2.24, 2.45) is 5.41 Å². The molecule has 1 rings (SSSR count). The third-order valence-electron chi connectivity index (χ3n) is 2.63. The number of thioether (sulfide) groups is 1. The van der Waals surface area contributed by atoms with E-state index in [-0.39, 0.29) is 17.4 Å². The molecular formula is C14H22N2O2S. The van der Waals surface area contributed by atoms with E-state index in [0.717, 1.165) is 4.90 Å². The van der Waals surface area contributed by atoms with Crippen molar-refractivity contribution in [2.45, 2.75) is 38.2 Å². The van der Waals surface area contributed by atoms with Crippen LogP contribution >= 0.6 is 11.8 Å². The van der Waals surface area contributed by atoms with Crippen LogP contribution in [0.25, 0.3) is 0 Å². The van der Waals surface area contributed by atoms with Crippen LogP contribution in [0, 0.1) is 5.41 Å². The van der Waals surface area contributed by atoms with Crippen LogP contribution in [0.3, 0.4) is 0 Å². The highest BCUT2D eigenvalue weighted by atomic mass is 32.2. The fraction of sp³-hybridized carbons (Fsp3) is 0.571. The van der Waals surface area contributed by atoms with Crippen molar-refractivity contribution in [1.82, 2.24) is 10.3 Å². The van der Waals surface area contributed by atoms with Crippen LogP contribution in [0.2, 0.25) is 0 Å². The quantitative estimate of drug-likeness (QED) is 0.752. The Morgan fingerprint density at radius 1 is 1.47 bits per heavy atom. The highest BCUT2D eigenvalue weighted by Crippen LogP contribution is 2.21. The van der Waals surface area contributed by atoms with Crippen LogP contribution in [-0.4, -0.2) is 34.4 Å². The molecule has 0 spiro atoms. The minimum absolute atomic E-state index is 0.0143. The topological polar surface area (TPSA) is 62.2 Å². The summed E-state index contributed by atoms with van der Waals surface area (Å²) in [5, 5.41) is 12.3. The predicted octanol–water partition coefficient (Wildman–Crippen LogP) is 2.09. The first-order valence-corrected chi connectivity index (χ1v) is 7.35. The number of aliphatic hydroxyl groups is 1. The Hall–Kier alpha value is -1.07. The number of carbonyl (C=O) groups is 1. The van der Waals surface area contributed by atoms with Gasteiger partial charge in [0.25, 0.3) is 0 Å². The minimum Gasteiger partial charge on any atom is -0.393 e. The van der Waals surface area contributed by atoms with Crippen LogP contribution in [0.4, 0.5) is 0 Å². The van der Waals surface area contributed by atoms with Crippen LogP contribution in [0.1, 0.15) is 27.2 Å². The lowest BCUT2D eigenvalue weighted by Crippen LogP contribution is -2.36. The highest BCUT2D eigenvalue weighted by molar-refractivity contribution is 8.00. The Morgan fingerprint density at radius 2 is 2.11 bits per heavy atom. The number of hydrogen-bond donors (Lipinski definition) is 2. The van der Waals surface area contributed by atoms with Crippen LogP contribution in [0.15, 0.2) is 29.4 Å². The number of nitrogens with zero attached hydrogens (tertiary/aromatic N) is 1. The molecule has 1 unspecified atom stereocenters. The number of aliphatic hydroxyl groups excluding tert-OH is 1. The maximum absolute atomic E-state index is 11.7. The summed E-state index contributed by atoms with van der Waals surface area (Å²) in [6, 6.07) is 3.77. The molecule has 1 heterocycles. The summed E-state index contributed by atoms with van der Waals surface area (Å²) in [6.45, 7) is 6.42. The molecule has 0 aromatic carbocycles. The number of rotatable bonds is 7. The predicted molar refractivity (Wildman–Crippen MR) is 78.0 cm³/mol. The Kier molecular flexibility index (Phi) is 6.31. The first-order chi connectivity index (χ1) is 8.89. The Labute approximate surface area is 119 Å². The molecule has 1 amide bonds. The maximum atomic E-state index is 11.7. The van der Waals surface area contributed by atoms with Gasteiger partial charge in [0.2, 0.25) is 5.91 Å². The Bertz CT molecular complexity index is 394. The first kappa shape index (κ1) is 16.0. The molecule has 0 radical (unpaired) electrons. The fourth-order valence-electron chi connectivity index (χ4n) is 1.84. The molecule has 106 valence electrons. The van der Waals surface area contributed by atoms with Crippen LogP contribution in [0.5, 0.6) is 0 Å². The summed E-state index contributed by atoms with van der Waals surface area (Å²) in [6.07, 6.45) is 3.75. The van der Waals surface area contributed by atoms with Gasteiger partial charge in [-0.25, -0.2) is 0 Å². The number of hydrogen-bond acceptors (Lipinski definition) is 4. The lowest BCUT2D eigenvalue weighted by Gasteiger charge is -2.26. The van der Waals surface area contributed by atoms with Gasteiger partial charge in [0.05, 0.1) is 11.9 Å². The smallest absolute Gasteiger partial charge is 0.230 e. The van der Waals surface area contributed by atoms with Gasteiger partial charge in [-0.2, -0.15) is 0 Å². The number of amides is 1. The molecule has 19 heavy (non-hydrogen) atoms. The summed E-state index contributed by atoms with van der Waals surface area (Å²) in [7, 11) is 0. The number of carbonyl (C=O) groups excluding carboxylic acids is 1. The van der Waals surface area contributed by atoms with Crippen molar-refractivity contribution < 1.29 is 9.90 Å². The zero-order chi connectivity index (χ0) is 14.3. The third-order valence-corrected chi connectivity index (χ3v) is 3.64. The molecule has 0 saturated carbocycles. The van der Waals surface area contributed by atoms with Crippen molar-refractivity contribution in [2.75, 3.05) is 12.3 Å². The zero-order valence-electron chi connectivity index (χ0n) is 11.7. The molecule has 0 aliphatic heterocycles. The van der Waals surface area contributed by atoms with Gasteiger partial charge in [-0.3, -0.25) is 9.78 Å². The van der Waals surface area contributed by atoms with Gasteiger partial charge in [-0.05, 0) is 30.9 Å². The van der Waals surface area contributed by atoms with Gasteiger partial charge in [-0.1, -0.05) is 13.8 Å². The van der Waals surface area contributed by atoms with E-state index in [1.807, 2.05) is 26.0 Å². The van der Waals surface area contributed by atoms with E-state index in [9.17, 15) is 9.90 Å².